The number of benzene rings is 1. The molecule has 0 saturated heterocycles. The zero-order valence-electron chi connectivity index (χ0n) is 9.59. The highest BCUT2D eigenvalue weighted by Crippen LogP contribution is 2.30. The summed E-state index contributed by atoms with van der Waals surface area (Å²) in [6, 6.07) is 8.32. The standard InChI is InChI=1S/C12H18ClN.H3N/c1-12(2,13)11-8-4-3-6-10(11)7-5-9-14;/h3-4,6,8H,5,7,9,14H2,1-2H3;1H3. The smallest absolute Gasteiger partial charge is 0.0641 e. The first-order valence-electron chi connectivity index (χ1n) is 5.03. The lowest BCUT2D eigenvalue weighted by atomic mass is 9.94. The van der Waals surface area contributed by atoms with Gasteiger partial charge in [0, 0.05) is 0 Å². The molecule has 5 N–H and O–H groups in total. The maximum absolute atomic E-state index is 6.31. The van der Waals surface area contributed by atoms with Crippen molar-refractivity contribution in [3.63, 3.8) is 0 Å². The van der Waals surface area contributed by atoms with Gasteiger partial charge in [-0.15, -0.1) is 11.6 Å². The molecule has 0 heterocycles. The summed E-state index contributed by atoms with van der Waals surface area (Å²) >= 11 is 6.31. The fraction of sp³-hybridized carbons (Fsp3) is 0.500. The van der Waals surface area contributed by atoms with Crippen molar-refractivity contribution in [2.75, 3.05) is 6.54 Å². The fourth-order valence-electron chi connectivity index (χ4n) is 1.61. The second kappa shape index (κ2) is 6.11. The van der Waals surface area contributed by atoms with E-state index in [1.54, 1.807) is 0 Å². The summed E-state index contributed by atoms with van der Waals surface area (Å²) in [6.45, 7) is 4.78. The third kappa shape index (κ3) is 4.20. The summed E-state index contributed by atoms with van der Waals surface area (Å²) in [5.74, 6) is 0. The van der Waals surface area contributed by atoms with E-state index < -0.39 is 0 Å². The molecular weight excluding hydrogens is 208 g/mol. The third-order valence-corrected chi connectivity index (χ3v) is 2.51. The minimum atomic E-state index is -0.287. The van der Waals surface area contributed by atoms with Crippen LogP contribution in [0, 0.1) is 0 Å². The van der Waals surface area contributed by atoms with Crippen molar-refractivity contribution < 1.29 is 0 Å². The Hall–Kier alpha value is -0.570. The highest BCUT2D eigenvalue weighted by molar-refractivity contribution is 6.23. The van der Waals surface area contributed by atoms with Crippen LogP contribution in [0.1, 0.15) is 31.4 Å². The molecule has 0 radical (unpaired) electrons. The van der Waals surface area contributed by atoms with Crippen LogP contribution in [-0.2, 0) is 11.3 Å². The molecule has 0 fully saturated rings. The molecule has 0 aliphatic rings. The topological polar surface area (TPSA) is 61.0 Å². The van der Waals surface area contributed by atoms with Gasteiger partial charge in [-0.3, -0.25) is 0 Å². The summed E-state index contributed by atoms with van der Waals surface area (Å²) in [7, 11) is 0. The summed E-state index contributed by atoms with van der Waals surface area (Å²) in [4.78, 5) is -0.287. The summed E-state index contributed by atoms with van der Waals surface area (Å²) < 4.78 is 0. The summed E-state index contributed by atoms with van der Waals surface area (Å²) in [6.07, 6.45) is 2.03. The van der Waals surface area contributed by atoms with Gasteiger partial charge < -0.3 is 11.9 Å². The first kappa shape index (κ1) is 14.4. The van der Waals surface area contributed by atoms with E-state index in [4.69, 9.17) is 17.3 Å². The average Bonchev–Trinajstić information content (AvgIpc) is 2.14. The predicted molar refractivity (Wildman–Crippen MR) is 67.7 cm³/mol. The van der Waals surface area contributed by atoms with E-state index in [1.807, 2.05) is 19.9 Å². The quantitative estimate of drug-likeness (QED) is 0.778. The highest BCUT2D eigenvalue weighted by Gasteiger charge is 2.19. The van der Waals surface area contributed by atoms with Crippen molar-refractivity contribution in [2.24, 2.45) is 5.73 Å². The molecular formula is C12H21ClN2. The molecule has 0 unspecified atom stereocenters. The molecule has 0 amide bonds. The number of hydrogen-bond acceptors (Lipinski definition) is 2. The number of aryl methyl sites for hydroxylation is 1. The third-order valence-electron chi connectivity index (χ3n) is 2.31. The van der Waals surface area contributed by atoms with E-state index in [2.05, 4.69) is 18.2 Å². The van der Waals surface area contributed by atoms with Crippen LogP contribution in [-0.4, -0.2) is 6.54 Å². The minimum Gasteiger partial charge on any atom is -0.344 e. The number of alkyl halides is 1. The Morgan fingerprint density at radius 1 is 1.27 bits per heavy atom. The lowest BCUT2D eigenvalue weighted by Crippen LogP contribution is -2.12. The van der Waals surface area contributed by atoms with Crippen LogP contribution in [0.2, 0.25) is 0 Å². The monoisotopic (exact) mass is 228 g/mol. The Morgan fingerprint density at radius 2 is 1.87 bits per heavy atom. The lowest BCUT2D eigenvalue weighted by molar-refractivity contribution is 0.734. The number of nitrogens with two attached hydrogens (primary N) is 1. The molecule has 1 aromatic rings. The second-order valence-electron chi connectivity index (χ2n) is 4.02. The molecule has 0 bridgehead atoms. The van der Waals surface area contributed by atoms with Crippen LogP contribution in [0.15, 0.2) is 24.3 Å². The van der Waals surface area contributed by atoms with Crippen molar-refractivity contribution in [3.8, 4) is 0 Å². The Bertz CT molecular complexity index is 292. The van der Waals surface area contributed by atoms with Crippen molar-refractivity contribution in [2.45, 2.75) is 31.6 Å². The molecule has 15 heavy (non-hydrogen) atoms. The first-order chi connectivity index (χ1) is 6.55. The van der Waals surface area contributed by atoms with Gasteiger partial charge in [0.15, 0.2) is 0 Å². The van der Waals surface area contributed by atoms with Gasteiger partial charge in [-0.05, 0) is 44.4 Å². The molecule has 1 aromatic carbocycles. The Kier molecular flexibility index (Phi) is 5.88. The van der Waals surface area contributed by atoms with Gasteiger partial charge in [0.2, 0.25) is 0 Å². The molecule has 1 rings (SSSR count). The SMILES string of the molecule is CC(C)(Cl)c1ccccc1CCCN.N. The van der Waals surface area contributed by atoms with Crippen LogP contribution in [0.4, 0.5) is 0 Å². The zero-order chi connectivity index (χ0) is 10.6. The van der Waals surface area contributed by atoms with Gasteiger partial charge in [-0.1, -0.05) is 24.3 Å². The van der Waals surface area contributed by atoms with Crippen molar-refractivity contribution in [1.82, 2.24) is 6.15 Å². The zero-order valence-corrected chi connectivity index (χ0v) is 10.3. The molecule has 0 atom stereocenters. The van der Waals surface area contributed by atoms with Crippen molar-refractivity contribution >= 4 is 11.6 Å². The van der Waals surface area contributed by atoms with Gasteiger partial charge in [0.05, 0.1) is 4.87 Å². The van der Waals surface area contributed by atoms with E-state index in [9.17, 15) is 0 Å². The molecule has 3 heteroatoms. The maximum Gasteiger partial charge on any atom is 0.0641 e. The van der Waals surface area contributed by atoms with Gasteiger partial charge in [0.1, 0.15) is 0 Å². The van der Waals surface area contributed by atoms with Crippen LogP contribution in [0.25, 0.3) is 0 Å². The van der Waals surface area contributed by atoms with E-state index in [-0.39, 0.29) is 11.0 Å². The molecule has 0 spiro atoms. The molecule has 0 aliphatic carbocycles. The first-order valence-corrected chi connectivity index (χ1v) is 5.41. The molecule has 86 valence electrons. The highest BCUT2D eigenvalue weighted by atomic mass is 35.5. The Balaban J connectivity index is 0.00000196. The summed E-state index contributed by atoms with van der Waals surface area (Å²) in [5, 5.41) is 0. The molecule has 0 saturated carbocycles. The Morgan fingerprint density at radius 3 is 2.40 bits per heavy atom. The van der Waals surface area contributed by atoms with Gasteiger partial charge in [-0.25, -0.2) is 0 Å². The number of halogens is 1. The largest absolute Gasteiger partial charge is 0.344 e. The van der Waals surface area contributed by atoms with Crippen LogP contribution < -0.4 is 11.9 Å². The van der Waals surface area contributed by atoms with E-state index >= 15 is 0 Å². The van der Waals surface area contributed by atoms with Gasteiger partial charge >= 0.3 is 0 Å². The molecule has 0 aromatic heterocycles. The number of hydrogen-bond donors (Lipinski definition) is 2. The lowest BCUT2D eigenvalue weighted by Gasteiger charge is -2.20. The van der Waals surface area contributed by atoms with Crippen LogP contribution >= 0.6 is 11.6 Å². The fourth-order valence-corrected chi connectivity index (χ4v) is 1.80. The number of rotatable bonds is 4. The molecule has 0 aliphatic heterocycles. The molecule has 2 nitrogen and oxygen atoms in total. The van der Waals surface area contributed by atoms with Crippen LogP contribution in [0.5, 0.6) is 0 Å². The van der Waals surface area contributed by atoms with E-state index in [0.717, 1.165) is 19.4 Å². The van der Waals surface area contributed by atoms with E-state index in [0.29, 0.717) is 0 Å². The van der Waals surface area contributed by atoms with Crippen LogP contribution in [0.3, 0.4) is 0 Å². The maximum atomic E-state index is 6.31. The summed E-state index contributed by atoms with van der Waals surface area (Å²) in [5.41, 5.74) is 8.04. The second-order valence-corrected chi connectivity index (χ2v) is 4.97. The van der Waals surface area contributed by atoms with Crippen molar-refractivity contribution in [3.05, 3.63) is 35.4 Å². The average molecular weight is 229 g/mol. The predicted octanol–water partition coefficient (Wildman–Crippen LogP) is 3.21. The van der Waals surface area contributed by atoms with Gasteiger partial charge in [-0.2, -0.15) is 0 Å². The normalized spacial score (nSPS) is 10.9. The minimum absolute atomic E-state index is 0. The van der Waals surface area contributed by atoms with Crippen molar-refractivity contribution in [1.29, 1.82) is 0 Å². The Labute approximate surface area is 97.4 Å². The van der Waals surface area contributed by atoms with E-state index in [1.165, 1.54) is 11.1 Å². The van der Waals surface area contributed by atoms with Gasteiger partial charge in [0.25, 0.3) is 0 Å².